The van der Waals surface area contributed by atoms with E-state index in [4.69, 9.17) is 4.74 Å². The molecule has 2 aliphatic rings. The van der Waals surface area contributed by atoms with Crippen molar-refractivity contribution in [3.05, 3.63) is 18.6 Å². The SMILES string of the molecule is O=C(CN1CCCC(COc2cnccn2)C1)NC1CCCC1. The van der Waals surface area contributed by atoms with E-state index in [2.05, 4.69) is 20.2 Å². The van der Waals surface area contributed by atoms with Gasteiger partial charge in [0.15, 0.2) is 0 Å². The molecule has 1 atom stereocenters. The number of amides is 1. The highest BCUT2D eigenvalue weighted by molar-refractivity contribution is 5.78. The van der Waals surface area contributed by atoms with Crippen molar-refractivity contribution in [1.29, 1.82) is 0 Å². The predicted molar refractivity (Wildman–Crippen MR) is 87.1 cm³/mol. The highest BCUT2D eigenvalue weighted by Crippen LogP contribution is 2.19. The Morgan fingerprint density at radius 1 is 1.26 bits per heavy atom. The van der Waals surface area contributed by atoms with E-state index in [1.54, 1.807) is 18.6 Å². The fourth-order valence-electron chi connectivity index (χ4n) is 3.54. The van der Waals surface area contributed by atoms with Gasteiger partial charge >= 0.3 is 0 Å². The molecule has 1 aromatic rings. The number of nitrogens with one attached hydrogen (secondary N) is 1. The van der Waals surface area contributed by atoms with E-state index < -0.39 is 0 Å². The molecule has 0 radical (unpaired) electrons. The fraction of sp³-hybridized carbons (Fsp3) is 0.706. The van der Waals surface area contributed by atoms with Crippen molar-refractivity contribution >= 4 is 5.91 Å². The standard InChI is InChI=1S/C17H26N4O2/c22-16(20-15-5-1-2-6-15)12-21-9-3-4-14(11-21)13-23-17-10-18-7-8-19-17/h7-8,10,14-15H,1-6,9,11-13H2,(H,20,22). The molecule has 0 bridgehead atoms. The Labute approximate surface area is 137 Å². The first-order valence-electron chi connectivity index (χ1n) is 8.70. The predicted octanol–water partition coefficient (Wildman–Crippen LogP) is 1.63. The molecule has 0 aromatic carbocycles. The summed E-state index contributed by atoms with van der Waals surface area (Å²) in [7, 11) is 0. The van der Waals surface area contributed by atoms with Crippen LogP contribution in [0.2, 0.25) is 0 Å². The molecule has 1 aliphatic heterocycles. The van der Waals surface area contributed by atoms with Gasteiger partial charge in [0.1, 0.15) is 0 Å². The van der Waals surface area contributed by atoms with E-state index in [0.29, 0.717) is 31.0 Å². The number of likely N-dealkylation sites (tertiary alicyclic amines) is 1. The molecule has 0 spiro atoms. The van der Waals surface area contributed by atoms with Crippen molar-refractivity contribution in [1.82, 2.24) is 20.2 Å². The van der Waals surface area contributed by atoms with Crippen LogP contribution in [0.5, 0.6) is 5.88 Å². The molecule has 6 nitrogen and oxygen atoms in total. The molecule has 1 aliphatic carbocycles. The molecule has 1 amide bonds. The first-order chi connectivity index (χ1) is 11.3. The summed E-state index contributed by atoms with van der Waals surface area (Å²) in [4.78, 5) is 22.5. The van der Waals surface area contributed by atoms with E-state index >= 15 is 0 Å². The molecule has 6 heteroatoms. The summed E-state index contributed by atoms with van der Waals surface area (Å²) in [6.45, 7) is 3.07. The lowest BCUT2D eigenvalue weighted by molar-refractivity contribution is -0.123. The average Bonchev–Trinajstić information content (AvgIpc) is 3.07. The Balaban J connectivity index is 1.39. The summed E-state index contributed by atoms with van der Waals surface area (Å²) in [5, 5.41) is 3.17. The Bertz CT molecular complexity index is 491. The van der Waals surface area contributed by atoms with Gasteiger partial charge in [-0.05, 0) is 32.2 Å². The summed E-state index contributed by atoms with van der Waals surface area (Å²) in [6, 6.07) is 0.406. The second-order valence-electron chi connectivity index (χ2n) is 6.65. The third-order valence-electron chi connectivity index (χ3n) is 4.70. The Morgan fingerprint density at radius 2 is 2.13 bits per heavy atom. The maximum absolute atomic E-state index is 12.2. The van der Waals surface area contributed by atoms with Crippen LogP contribution in [0.3, 0.4) is 0 Å². The monoisotopic (exact) mass is 318 g/mol. The molecule has 1 aromatic heterocycles. The lowest BCUT2D eigenvalue weighted by Crippen LogP contribution is -2.45. The number of hydrogen-bond acceptors (Lipinski definition) is 5. The maximum Gasteiger partial charge on any atom is 0.234 e. The highest BCUT2D eigenvalue weighted by atomic mass is 16.5. The van der Waals surface area contributed by atoms with Gasteiger partial charge in [0.25, 0.3) is 0 Å². The zero-order valence-corrected chi connectivity index (χ0v) is 13.6. The van der Waals surface area contributed by atoms with Gasteiger partial charge in [-0.15, -0.1) is 0 Å². The summed E-state index contributed by atoms with van der Waals surface area (Å²) >= 11 is 0. The third-order valence-corrected chi connectivity index (χ3v) is 4.70. The van der Waals surface area contributed by atoms with Crippen LogP contribution >= 0.6 is 0 Å². The summed E-state index contributed by atoms with van der Waals surface area (Å²) in [5.41, 5.74) is 0. The maximum atomic E-state index is 12.2. The first-order valence-corrected chi connectivity index (χ1v) is 8.70. The summed E-state index contributed by atoms with van der Waals surface area (Å²) in [6.07, 6.45) is 11.9. The van der Waals surface area contributed by atoms with Gasteiger partial charge < -0.3 is 10.1 Å². The van der Waals surface area contributed by atoms with Crippen molar-refractivity contribution < 1.29 is 9.53 Å². The number of ether oxygens (including phenoxy) is 1. The summed E-state index contributed by atoms with van der Waals surface area (Å²) < 4.78 is 5.71. The van der Waals surface area contributed by atoms with Crippen LogP contribution in [0.15, 0.2) is 18.6 Å². The van der Waals surface area contributed by atoms with E-state index in [1.165, 1.54) is 12.8 Å². The van der Waals surface area contributed by atoms with Crippen LogP contribution in [0.1, 0.15) is 38.5 Å². The van der Waals surface area contributed by atoms with Gasteiger partial charge in [-0.25, -0.2) is 4.98 Å². The molecule has 2 heterocycles. The second kappa shape index (κ2) is 8.24. The van der Waals surface area contributed by atoms with E-state index in [1.807, 2.05) is 0 Å². The smallest absolute Gasteiger partial charge is 0.234 e. The number of aromatic nitrogens is 2. The average molecular weight is 318 g/mol. The van der Waals surface area contributed by atoms with Gasteiger partial charge in [0.05, 0.1) is 19.3 Å². The topological polar surface area (TPSA) is 67.4 Å². The van der Waals surface area contributed by atoms with Crippen LogP contribution in [0.4, 0.5) is 0 Å². The van der Waals surface area contributed by atoms with E-state index in [-0.39, 0.29) is 5.91 Å². The number of carbonyl (C=O) groups excluding carboxylic acids is 1. The molecular weight excluding hydrogens is 292 g/mol. The van der Waals surface area contributed by atoms with Crippen molar-refractivity contribution in [2.75, 3.05) is 26.2 Å². The highest BCUT2D eigenvalue weighted by Gasteiger charge is 2.24. The minimum absolute atomic E-state index is 0.174. The number of rotatable bonds is 6. The Morgan fingerprint density at radius 3 is 2.91 bits per heavy atom. The molecule has 1 saturated carbocycles. The van der Waals surface area contributed by atoms with Crippen LogP contribution < -0.4 is 10.1 Å². The van der Waals surface area contributed by atoms with Crippen LogP contribution in [0.25, 0.3) is 0 Å². The normalized spacial score (nSPS) is 22.9. The van der Waals surface area contributed by atoms with Gasteiger partial charge in [0.2, 0.25) is 11.8 Å². The molecule has 2 fully saturated rings. The molecular formula is C17H26N4O2. The zero-order valence-electron chi connectivity index (χ0n) is 13.6. The lowest BCUT2D eigenvalue weighted by Gasteiger charge is -2.32. The van der Waals surface area contributed by atoms with Gasteiger partial charge in [0, 0.05) is 30.9 Å². The largest absolute Gasteiger partial charge is 0.476 e. The fourth-order valence-corrected chi connectivity index (χ4v) is 3.54. The van der Waals surface area contributed by atoms with Crippen molar-refractivity contribution in [3.8, 4) is 5.88 Å². The quantitative estimate of drug-likeness (QED) is 0.863. The van der Waals surface area contributed by atoms with Crippen LogP contribution in [-0.2, 0) is 4.79 Å². The van der Waals surface area contributed by atoms with Crippen molar-refractivity contribution in [2.24, 2.45) is 5.92 Å². The number of nitrogens with zero attached hydrogens (tertiary/aromatic N) is 3. The third kappa shape index (κ3) is 5.16. The molecule has 23 heavy (non-hydrogen) atoms. The van der Waals surface area contributed by atoms with E-state index in [0.717, 1.165) is 38.8 Å². The Hall–Kier alpha value is -1.69. The molecule has 3 rings (SSSR count). The van der Waals surface area contributed by atoms with Crippen molar-refractivity contribution in [2.45, 2.75) is 44.6 Å². The molecule has 1 saturated heterocycles. The Kier molecular flexibility index (Phi) is 5.80. The minimum Gasteiger partial charge on any atom is -0.476 e. The van der Waals surface area contributed by atoms with Crippen molar-refractivity contribution in [3.63, 3.8) is 0 Å². The number of hydrogen-bond donors (Lipinski definition) is 1. The zero-order chi connectivity index (χ0) is 15.9. The number of carbonyl (C=O) groups is 1. The van der Waals surface area contributed by atoms with E-state index in [9.17, 15) is 4.79 Å². The lowest BCUT2D eigenvalue weighted by atomic mass is 9.99. The molecule has 126 valence electrons. The first kappa shape index (κ1) is 16.2. The minimum atomic E-state index is 0.174. The van der Waals surface area contributed by atoms with Gasteiger partial charge in [-0.1, -0.05) is 12.8 Å². The van der Waals surface area contributed by atoms with Crippen LogP contribution in [0, 0.1) is 5.92 Å². The second-order valence-corrected chi connectivity index (χ2v) is 6.65. The van der Waals surface area contributed by atoms with Gasteiger partial charge in [-0.3, -0.25) is 14.7 Å². The molecule has 1 N–H and O–H groups in total. The van der Waals surface area contributed by atoms with Gasteiger partial charge in [-0.2, -0.15) is 0 Å². The molecule has 1 unspecified atom stereocenters. The summed E-state index contributed by atoms with van der Waals surface area (Å²) in [5.74, 6) is 1.20. The number of piperidine rings is 1. The van der Waals surface area contributed by atoms with Crippen LogP contribution in [-0.4, -0.2) is 53.1 Å².